The molecule has 0 unspecified atom stereocenters. The van der Waals surface area contributed by atoms with E-state index in [4.69, 9.17) is 14.6 Å². The Kier molecular flexibility index (Phi) is 7.98. The van der Waals surface area contributed by atoms with Gasteiger partial charge in [0.1, 0.15) is 18.1 Å². The zero-order valence-corrected chi connectivity index (χ0v) is 10.2. The van der Waals surface area contributed by atoms with E-state index in [1.165, 1.54) is 0 Å². The van der Waals surface area contributed by atoms with Gasteiger partial charge in [-0.1, -0.05) is 26.5 Å². The quantitative estimate of drug-likeness (QED) is 0.782. The first kappa shape index (κ1) is 14.5. The Bertz CT molecular complexity index is 286. The van der Waals surface area contributed by atoms with Crippen LogP contribution in [0.1, 0.15) is 19.4 Å². The fraction of sp³-hybridized carbons (Fsp3) is 0.385. The third-order valence-electron chi connectivity index (χ3n) is 1.73. The van der Waals surface area contributed by atoms with Gasteiger partial charge in [-0.15, -0.1) is 0 Å². The highest BCUT2D eigenvalue weighted by molar-refractivity contribution is 5.38. The molecule has 3 nitrogen and oxygen atoms in total. The number of ether oxygens (including phenoxy) is 2. The Morgan fingerprint density at radius 2 is 1.88 bits per heavy atom. The third-order valence-corrected chi connectivity index (χ3v) is 1.73. The highest BCUT2D eigenvalue weighted by atomic mass is 16.5. The summed E-state index contributed by atoms with van der Waals surface area (Å²) in [5.41, 5.74) is 0.767. The van der Waals surface area contributed by atoms with E-state index in [0.717, 1.165) is 5.56 Å². The molecule has 0 saturated heterocycles. The fourth-order valence-electron chi connectivity index (χ4n) is 1.08. The summed E-state index contributed by atoms with van der Waals surface area (Å²) in [6.07, 6.45) is 1.66. The summed E-state index contributed by atoms with van der Waals surface area (Å²) in [4.78, 5) is 0. The van der Waals surface area contributed by atoms with Crippen molar-refractivity contribution >= 4 is 0 Å². The Morgan fingerprint density at radius 1 is 1.25 bits per heavy atom. The molecule has 0 amide bonds. The maximum atomic E-state index is 8.98. The largest absolute Gasteiger partial charge is 0.497 e. The molecule has 0 spiro atoms. The maximum Gasteiger partial charge on any atom is 0.123 e. The van der Waals surface area contributed by atoms with Gasteiger partial charge in [-0.2, -0.15) is 0 Å². The molecule has 0 aliphatic heterocycles. The summed E-state index contributed by atoms with van der Waals surface area (Å²) >= 11 is 0. The van der Waals surface area contributed by atoms with E-state index in [-0.39, 0.29) is 6.61 Å². The van der Waals surface area contributed by atoms with Crippen molar-refractivity contribution in [2.24, 2.45) is 0 Å². The van der Waals surface area contributed by atoms with Crippen molar-refractivity contribution in [3.63, 3.8) is 0 Å². The van der Waals surface area contributed by atoms with Gasteiger partial charge in [0.2, 0.25) is 0 Å². The van der Waals surface area contributed by atoms with Gasteiger partial charge in [-0.3, -0.25) is 0 Å². The lowest BCUT2D eigenvalue weighted by Gasteiger charge is -2.08. The molecular weight excluding hydrogens is 204 g/mol. The monoisotopic (exact) mass is 224 g/mol. The van der Waals surface area contributed by atoms with Crippen molar-refractivity contribution in [1.29, 1.82) is 0 Å². The molecule has 1 N–H and O–H groups in total. The average Bonchev–Trinajstić information content (AvgIpc) is 2.38. The van der Waals surface area contributed by atoms with Crippen LogP contribution in [0.5, 0.6) is 11.5 Å². The van der Waals surface area contributed by atoms with Crippen molar-refractivity contribution in [3.8, 4) is 11.5 Å². The van der Waals surface area contributed by atoms with Crippen LogP contribution in [0.25, 0.3) is 0 Å². The first-order valence-electron chi connectivity index (χ1n) is 5.32. The average molecular weight is 224 g/mol. The van der Waals surface area contributed by atoms with Crippen LogP contribution in [0, 0.1) is 0 Å². The van der Waals surface area contributed by atoms with Crippen LogP contribution in [0.2, 0.25) is 0 Å². The van der Waals surface area contributed by atoms with Crippen LogP contribution in [-0.4, -0.2) is 18.8 Å². The number of aliphatic hydroxyl groups excluding tert-OH is 1. The van der Waals surface area contributed by atoms with E-state index in [0.29, 0.717) is 18.1 Å². The second-order valence-corrected chi connectivity index (χ2v) is 2.77. The van der Waals surface area contributed by atoms with Crippen LogP contribution in [0.4, 0.5) is 0 Å². The molecule has 16 heavy (non-hydrogen) atoms. The summed E-state index contributed by atoms with van der Waals surface area (Å²) in [5, 5.41) is 8.98. The first-order chi connectivity index (χ1) is 7.80. The topological polar surface area (TPSA) is 38.7 Å². The van der Waals surface area contributed by atoms with Gasteiger partial charge in [-0.05, 0) is 17.7 Å². The maximum absolute atomic E-state index is 8.98. The fourth-order valence-corrected chi connectivity index (χ4v) is 1.08. The molecule has 0 aliphatic carbocycles. The molecule has 0 aromatic heterocycles. The number of methoxy groups -OCH3 is 1. The SMILES string of the molecule is C=CCOc1cc(CO)cc(OC)c1.CC. The van der Waals surface area contributed by atoms with Crippen molar-refractivity contribution in [2.75, 3.05) is 13.7 Å². The predicted molar refractivity (Wildman–Crippen MR) is 66.0 cm³/mol. The Morgan fingerprint density at radius 3 is 2.38 bits per heavy atom. The van der Waals surface area contributed by atoms with Gasteiger partial charge in [0.25, 0.3) is 0 Å². The van der Waals surface area contributed by atoms with Gasteiger partial charge in [0, 0.05) is 6.07 Å². The van der Waals surface area contributed by atoms with Crippen LogP contribution in [-0.2, 0) is 6.61 Å². The lowest BCUT2D eigenvalue weighted by atomic mass is 10.2. The number of hydrogen-bond donors (Lipinski definition) is 1. The zero-order chi connectivity index (χ0) is 12.4. The van der Waals surface area contributed by atoms with Gasteiger partial charge in [0.15, 0.2) is 0 Å². The highest BCUT2D eigenvalue weighted by Crippen LogP contribution is 2.22. The molecule has 3 heteroatoms. The molecule has 1 aromatic carbocycles. The molecule has 90 valence electrons. The Labute approximate surface area is 97.3 Å². The van der Waals surface area contributed by atoms with Crippen LogP contribution in [0.3, 0.4) is 0 Å². The van der Waals surface area contributed by atoms with Gasteiger partial charge in [0.05, 0.1) is 13.7 Å². The standard InChI is InChI=1S/C11H14O3.C2H6/c1-3-4-14-11-6-9(8-12)5-10(7-11)13-2;1-2/h3,5-7,12H,1,4,8H2,2H3;1-2H3. The molecular formula is C13H20O3. The summed E-state index contributed by atoms with van der Waals surface area (Å²) in [6, 6.07) is 5.30. The summed E-state index contributed by atoms with van der Waals surface area (Å²) in [7, 11) is 1.58. The van der Waals surface area contributed by atoms with Gasteiger partial charge < -0.3 is 14.6 Å². The minimum Gasteiger partial charge on any atom is -0.497 e. The van der Waals surface area contributed by atoms with Crippen molar-refractivity contribution in [1.82, 2.24) is 0 Å². The van der Waals surface area contributed by atoms with Crippen LogP contribution in [0.15, 0.2) is 30.9 Å². The zero-order valence-electron chi connectivity index (χ0n) is 10.2. The molecule has 0 saturated carbocycles. The van der Waals surface area contributed by atoms with Crippen LogP contribution < -0.4 is 9.47 Å². The molecule has 0 aliphatic rings. The molecule has 0 bridgehead atoms. The summed E-state index contributed by atoms with van der Waals surface area (Å²) in [5.74, 6) is 1.35. The van der Waals surface area contributed by atoms with Crippen molar-refractivity contribution in [2.45, 2.75) is 20.5 Å². The van der Waals surface area contributed by atoms with E-state index in [9.17, 15) is 0 Å². The van der Waals surface area contributed by atoms with E-state index in [1.807, 2.05) is 13.8 Å². The number of hydrogen-bond acceptors (Lipinski definition) is 3. The molecule has 0 fully saturated rings. The number of aliphatic hydroxyl groups is 1. The van der Waals surface area contributed by atoms with Crippen LogP contribution >= 0.6 is 0 Å². The minimum atomic E-state index is -0.0261. The lowest BCUT2D eigenvalue weighted by Crippen LogP contribution is -1.95. The smallest absolute Gasteiger partial charge is 0.123 e. The molecule has 0 heterocycles. The Hall–Kier alpha value is -1.48. The second kappa shape index (κ2) is 8.80. The van der Waals surface area contributed by atoms with Crippen molar-refractivity contribution < 1.29 is 14.6 Å². The molecule has 1 rings (SSSR count). The normalized spacial score (nSPS) is 8.75. The summed E-state index contributed by atoms with van der Waals surface area (Å²) in [6.45, 7) is 7.97. The van der Waals surface area contributed by atoms with E-state index in [1.54, 1.807) is 31.4 Å². The van der Waals surface area contributed by atoms with Crippen molar-refractivity contribution in [3.05, 3.63) is 36.4 Å². The van der Waals surface area contributed by atoms with Gasteiger partial charge >= 0.3 is 0 Å². The molecule has 1 aromatic rings. The first-order valence-corrected chi connectivity index (χ1v) is 5.32. The second-order valence-electron chi connectivity index (χ2n) is 2.77. The van der Waals surface area contributed by atoms with E-state index >= 15 is 0 Å². The predicted octanol–water partition coefficient (Wildman–Crippen LogP) is 2.78. The molecule has 0 atom stereocenters. The number of benzene rings is 1. The molecule has 0 radical (unpaired) electrons. The van der Waals surface area contributed by atoms with Gasteiger partial charge in [-0.25, -0.2) is 0 Å². The Balaban J connectivity index is 0.00000106. The number of rotatable bonds is 5. The lowest BCUT2D eigenvalue weighted by molar-refractivity contribution is 0.279. The van der Waals surface area contributed by atoms with E-state index < -0.39 is 0 Å². The summed E-state index contributed by atoms with van der Waals surface area (Å²) < 4.78 is 10.4. The minimum absolute atomic E-state index is 0.0261. The highest BCUT2D eigenvalue weighted by Gasteiger charge is 2.00. The van der Waals surface area contributed by atoms with E-state index in [2.05, 4.69) is 6.58 Å². The third kappa shape index (κ3) is 4.84.